The maximum atomic E-state index is 12.2. The monoisotopic (exact) mass is 458 g/mol. The van der Waals surface area contributed by atoms with Gasteiger partial charge in [0.2, 0.25) is 0 Å². The molecule has 1 aliphatic carbocycles. The molecule has 2 aliphatic rings. The molecule has 1 saturated carbocycles. The van der Waals surface area contributed by atoms with E-state index in [9.17, 15) is 4.79 Å². The van der Waals surface area contributed by atoms with Gasteiger partial charge in [-0.2, -0.15) is 0 Å². The summed E-state index contributed by atoms with van der Waals surface area (Å²) in [5.41, 5.74) is 1.02. The van der Waals surface area contributed by atoms with Gasteiger partial charge in [0, 0.05) is 36.9 Å². The van der Waals surface area contributed by atoms with Crippen molar-refractivity contribution in [2.24, 2.45) is 0 Å². The number of carbonyl (C=O) groups is 1. The largest absolute Gasteiger partial charge is 0.496 e. The van der Waals surface area contributed by atoms with Crippen LogP contribution in [-0.4, -0.2) is 41.9 Å². The van der Waals surface area contributed by atoms with Crippen LogP contribution in [0.3, 0.4) is 0 Å². The molecule has 4 rings (SSSR count). The van der Waals surface area contributed by atoms with E-state index in [1.165, 1.54) is 12.8 Å². The van der Waals surface area contributed by atoms with Crippen molar-refractivity contribution >= 4 is 17.3 Å². The van der Waals surface area contributed by atoms with Gasteiger partial charge in [0.25, 0.3) is 0 Å². The van der Waals surface area contributed by atoms with Gasteiger partial charge in [0.15, 0.2) is 0 Å². The second kappa shape index (κ2) is 10.3. The number of hydroxylamine groups is 2. The summed E-state index contributed by atoms with van der Waals surface area (Å²) in [6.07, 6.45) is 9.73. The summed E-state index contributed by atoms with van der Waals surface area (Å²) < 4.78 is 11.8. The molecule has 2 aromatic rings. The lowest BCUT2D eigenvalue weighted by molar-refractivity contribution is -0.195. The number of pyridine rings is 1. The van der Waals surface area contributed by atoms with Crippen LogP contribution in [-0.2, 0) is 26.3 Å². The molecular formula is C25H34N2O4S. The number of thiophene rings is 1. The van der Waals surface area contributed by atoms with Crippen LogP contribution in [0.4, 0.5) is 0 Å². The summed E-state index contributed by atoms with van der Waals surface area (Å²) in [6, 6.07) is 8.16. The molecule has 0 N–H and O–H groups in total. The molecule has 3 heterocycles. The Morgan fingerprint density at radius 1 is 1.25 bits per heavy atom. The smallest absolute Gasteiger partial charge is 0.324 e. The van der Waals surface area contributed by atoms with Crippen molar-refractivity contribution in [3.63, 3.8) is 0 Å². The Kier molecular flexibility index (Phi) is 7.48. The van der Waals surface area contributed by atoms with Crippen LogP contribution >= 0.6 is 11.3 Å². The van der Waals surface area contributed by atoms with E-state index in [1.54, 1.807) is 18.4 Å². The summed E-state index contributed by atoms with van der Waals surface area (Å²) >= 11 is 1.62. The van der Waals surface area contributed by atoms with Gasteiger partial charge in [0.05, 0.1) is 24.1 Å². The van der Waals surface area contributed by atoms with Crippen LogP contribution in [0.15, 0.2) is 35.8 Å². The van der Waals surface area contributed by atoms with Crippen molar-refractivity contribution in [1.82, 2.24) is 10.0 Å². The Hall–Kier alpha value is -1.96. The maximum Gasteiger partial charge on any atom is 0.324 e. The highest BCUT2D eigenvalue weighted by Crippen LogP contribution is 2.49. The second-order valence-electron chi connectivity index (χ2n) is 9.00. The van der Waals surface area contributed by atoms with Crippen LogP contribution in [0.2, 0.25) is 0 Å². The zero-order valence-corrected chi connectivity index (χ0v) is 20.0. The van der Waals surface area contributed by atoms with Gasteiger partial charge >= 0.3 is 5.97 Å². The molecule has 1 atom stereocenters. The minimum Gasteiger partial charge on any atom is -0.496 e. The predicted molar refractivity (Wildman–Crippen MR) is 125 cm³/mol. The quantitative estimate of drug-likeness (QED) is 0.477. The van der Waals surface area contributed by atoms with Gasteiger partial charge in [-0.1, -0.05) is 25.8 Å². The van der Waals surface area contributed by atoms with E-state index < -0.39 is 0 Å². The van der Waals surface area contributed by atoms with E-state index in [1.807, 2.05) is 35.7 Å². The molecule has 174 valence electrons. The third-order valence-corrected chi connectivity index (χ3v) is 7.86. The maximum absolute atomic E-state index is 12.2. The third kappa shape index (κ3) is 5.16. The lowest BCUT2D eigenvalue weighted by Gasteiger charge is -2.47. The average molecular weight is 459 g/mol. The minimum atomic E-state index is -0.216. The molecule has 2 fully saturated rings. The molecule has 0 amide bonds. The number of ether oxygens (including phenoxy) is 2. The molecule has 0 bridgehead atoms. The Balaban J connectivity index is 1.56. The fraction of sp³-hybridized carbons (Fsp3) is 0.600. The Morgan fingerprint density at radius 2 is 2.09 bits per heavy atom. The number of carbonyl (C=O) groups excluding carboxylic acids is 1. The first-order valence-electron chi connectivity index (χ1n) is 11.7. The lowest BCUT2D eigenvalue weighted by Crippen LogP contribution is -2.47. The number of nitrogens with zero attached hydrogens (tertiary/aromatic N) is 2. The predicted octanol–water partition coefficient (Wildman–Crippen LogP) is 5.27. The van der Waals surface area contributed by atoms with Crippen LogP contribution in [0, 0.1) is 0 Å². The highest BCUT2D eigenvalue weighted by molar-refractivity contribution is 7.10. The SMILES string of the molecule is CCC(=O)ON(CC[C@@]1(c2ccccn2)CCOC2(CCCC2)C1)Cc1sccc1OC. The van der Waals surface area contributed by atoms with E-state index >= 15 is 0 Å². The number of hydrogen-bond donors (Lipinski definition) is 0. The molecule has 0 radical (unpaired) electrons. The lowest BCUT2D eigenvalue weighted by atomic mass is 9.68. The summed E-state index contributed by atoms with van der Waals surface area (Å²) in [7, 11) is 1.67. The van der Waals surface area contributed by atoms with Crippen molar-refractivity contribution < 1.29 is 19.1 Å². The van der Waals surface area contributed by atoms with Crippen LogP contribution in [0.1, 0.15) is 68.9 Å². The third-order valence-electron chi connectivity index (χ3n) is 6.98. The van der Waals surface area contributed by atoms with Crippen molar-refractivity contribution in [2.45, 2.75) is 75.9 Å². The zero-order valence-electron chi connectivity index (χ0n) is 19.2. The molecule has 1 saturated heterocycles. The molecular weight excluding hydrogens is 424 g/mol. The molecule has 6 nitrogen and oxygen atoms in total. The molecule has 32 heavy (non-hydrogen) atoms. The van der Waals surface area contributed by atoms with E-state index in [2.05, 4.69) is 12.1 Å². The molecule has 0 aromatic carbocycles. The molecule has 0 unspecified atom stereocenters. The molecule has 7 heteroatoms. The number of hydrogen-bond acceptors (Lipinski definition) is 7. The zero-order chi connectivity index (χ0) is 22.4. The van der Waals surface area contributed by atoms with Gasteiger partial charge in [-0.3, -0.25) is 9.78 Å². The van der Waals surface area contributed by atoms with Gasteiger partial charge in [-0.25, -0.2) is 0 Å². The highest BCUT2D eigenvalue weighted by Gasteiger charge is 2.48. The second-order valence-corrected chi connectivity index (χ2v) is 10.0. The Labute approximate surface area is 194 Å². The number of methoxy groups -OCH3 is 1. The highest BCUT2D eigenvalue weighted by atomic mass is 32.1. The fourth-order valence-corrected chi connectivity index (χ4v) is 6.13. The first-order valence-corrected chi connectivity index (χ1v) is 12.6. The molecule has 2 aromatic heterocycles. The molecule has 1 aliphatic heterocycles. The van der Waals surface area contributed by atoms with Crippen LogP contribution in [0.25, 0.3) is 0 Å². The summed E-state index contributed by atoms with van der Waals surface area (Å²) in [5.74, 6) is 0.620. The van der Waals surface area contributed by atoms with Crippen LogP contribution in [0.5, 0.6) is 5.75 Å². The fourth-order valence-electron chi connectivity index (χ4n) is 5.29. The number of rotatable bonds is 9. The first kappa shape index (κ1) is 23.2. The van der Waals surface area contributed by atoms with Gasteiger partial charge < -0.3 is 14.3 Å². The average Bonchev–Trinajstić information content (AvgIpc) is 3.47. The van der Waals surface area contributed by atoms with Crippen molar-refractivity contribution in [1.29, 1.82) is 0 Å². The van der Waals surface area contributed by atoms with E-state index in [0.717, 1.165) is 55.0 Å². The van der Waals surface area contributed by atoms with Gasteiger partial charge in [0.1, 0.15) is 5.75 Å². The standard InChI is InChI=1S/C25H34N2O4S/c1-3-23(28)31-27(18-21-20(29-2)9-17-32-21)15-12-24(22-8-4-7-14-26-22)13-16-30-25(19-24)10-5-6-11-25/h4,7-9,14,17H,3,5-6,10-13,15-16,18-19H2,1-2H3/t24-/m1/s1. The van der Waals surface area contributed by atoms with E-state index in [0.29, 0.717) is 19.5 Å². The topological polar surface area (TPSA) is 60.9 Å². The van der Waals surface area contributed by atoms with Gasteiger partial charge in [-0.05, 0) is 55.7 Å². The Bertz CT molecular complexity index is 881. The van der Waals surface area contributed by atoms with E-state index in [-0.39, 0.29) is 17.0 Å². The van der Waals surface area contributed by atoms with Crippen molar-refractivity contribution in [3.8, 4) is 5.75 Å². The summed E-state index contributed by atoms with van der Waals surface area (Å²) in [5, 5.41) is 3.81. The molecule has 1 spiro atoms. The van der Waals surface area contributed by atoms with Gasteiger partial charge in [-0.15, -0.1) is 16.4 Å². The first-order chi connectivity index (χ1) is 15.6. The normalized spacial score (nSPS) is 22.3. The van der Waals surface area contributed by atoms with Crippen molar-refractivity contribution in [3.05, 3.63) is 46.4 Å². The summed E-state index contributed by atoms with van der Waals surface area (Å²) in [6.45, 7) is 3.74. The minimum absolute atomic E-state index is 0.0301. The summed E-state index contributed by atoms with van der Waals surface area (Å²) in [4.78, 5) is 23.8. The van der Waals surface area contributed by atoms with Crippen molar-refractivity contribution in [2.75, 3.05) is 20.3 Å². The Morgan fingerprint density at radius 3 is 2.81 bits per heavy atom. The van der Waals surface area contributed by atoms with Crippen LogP contribution < -0.4 is 4.74 Å². The number of aromatic nitrogens is 1. The van der Waals surface area contributed by atoms with E-state index in [4.69, 9.17) is 19.3 Å².